The molecule has 0 saturated heterocycles. The molecule has 1 rings (SSSR count). The van der Waals surface area contributed by atoms with Crippen LogP contribution in [0.5, 0.6) is 0 Å². The van der Waals surface area contributed by atoms with E-state index >= 15 is 0 Å². The van der Waals surface area contributed by atoms with Crippen molar-refractivity contribution in [1.29, 1.82) is 0 Å². The Hall–Kier alpha value is -1.00. The van der Waals surface area contributed by atoms with E-state index < -0.39 is 0 Å². The fourth-order valence-corrected chi connectivity index (χ4v) is 2.11. The number of aryl methyl sites for hydroxylation is 1. The van der Waals surface area contributed by atoms with Crippen LogP contribution in [0.15, 0.2) is 12.3 Å². The van der Waals surface area contributed by atoms with Gasteiger partial charge in [-0.2, -0.15) is 0 Å². The third kappa shape index (κ3) is 3.50. The van der Waals surface area contributed by atoms with Crippen LogP contribution in [-0.2, 0) is 6.54 Å². The Morgan fingerprint density at radius 1 is 1.56 bits per heavy atom. The zero-order valence-electron chi connectivity index (χ0n) is 11.5. The Kier molecular flexibility index (Phi) is 4.82. The Balaban J connectivity index is 2.86. The molecule has 0 unspecified atom stereocenters. The summed E-state index contributed by atoms with van der Waals surface area (Å²) in [6.45, 7) is 7.96. The van der Waals surface area contributed by atoms with E-state index in [9.17, 15) is 4.79 Å². The second kappa shape index (κ2) is 5.76. The molecule has 1 heterocycles. The van der Waals surface area contributed by atoms with E-state index in [2.05, 4.69) is 0 Å². The van der Waals surface area contributed by atoms with Crippen LogP contribution in [0.25, 0.3) is 0 Å². The standard InChI is InChI=1S/C13H22ClN3O/c1-5-17-7-10(14)6-11(17)12(18)16(4)9-13(2,3)8-15/h6-7H,5,8-9,15H2,1-4H3. The number of nitrogens with zero attached hydrogens (tertiary/aromatic N) is 2. The lowest BCUT2D eigenvalue weighted by Crippen LogP contribution is -2.40. The molecular formula is C13H22ClN3O. The number of rotatable bonds is 5. The lowest BCUT2D eigenvalue weighted by molar-refractivity contribution is 0.0730. The van der Waals surface area contributed by atoms with Crippen molar-refractivity contribution >= 4 is 17.5 Å². The minimum Gasteiger partial charge on any atom is -0.342 e. The Bertz CT molecular complexity index is 426. The smallest absolute Gasteiger partial charge is 0.270 e. The molecular weight excluding hydrogens is 250 g/mol. The first-order chi connectivity index (χ1) is 8.30. The predicted octanol–water partition coefficient (Wildman–Crippen LogP) is 2.22. The average molecular weight is 272 g/mol. The molecule has 0 radical (unpaired) electrons. The highest BCUT2D eigenvalue weighted by molar-refractivity contribution is 6.31. The summed E-state index contributed by atoms with van der Waals surface area (Å²) >= 11 is 5.94. The van der Waals surface area contributed by atoms with Crippen molar-refractivity contribution in [2.24, 2.45) is 11.1 Å². The summed E-state index contributed by atoms with van der Waals surface area (Å²) in [6.07, 6.45) is 1.77. The maximum Gasteiger partial charge on any atom is 0.270 e. The molecule has 1 aromatic rings. The van der Waals surface area contributed by atoms with Gasteiger partial charge in [0.2, 0.25) is 0 Å². The lowest BCUT2D eigenvalue weighted by atomic mass is 9.93. The van der Waals surface area contributed by atoms with Gasteiger partial charge in [0.1, 0.15) is 5.69 Å². The van der Waals surface area contributed by atoms with Gasteiger partial charge >= 0.3 is 0 Å². The first kappa shape index (κ1) is 15.1. The third-order valence-corrected chi connectivity index (χ3v) is 3.19. The van der Waals surface area contributed by atoms with Crippen LogP contribution in [0.2, 0.25) is 5.02 Å². The number of halogens is 1. The molecule has 102 valence electrons. The molecule has 2 N–H and O–H groups in total. The van der Waals surface area contributed by atoms with E-state index in [1.54, 1.807) is 24.2 Å². The maximum absolute atomic E-state index is 12.3. The van der Waals surface area contributed by atoms with Gasteiger partial charge in [0.15, 0.2) is 0 Å². The van der Waals surface area contributed by atoms with Crippen molar-refractivity contribution in [2.45, 2.75) is 27.3 Å². The van der Waals surface area contributed by atoms with Crippen LogP contribution in [0.4, 0.5) is 0 Å². The van der Waals surface area contributed by atoms with Gasteiger partial charge in [0.25, 0.3) is 5.91 Å². The summed E-state index contributed by atoms with van der Waals surface area (Å²) in [5.41, 5.74) is 6.23. The second-order valence-electron chi connectivity index (χ2n) is 5.36. The predicted molar refractivity (Wildman–Crippen MR) is 74.9 cm³/mol. The highest BCUT2D eigenvalue weighted by Crippen LogP contribution is 2.19. The fourth-order valence-electron chi connectivity index (χ4n) is 1.89. The first-order valence-electron chi connectivity index (χ1n) is 6.12. The fraction of sp³-hybridized carbons (Fsp3) is 0.615. The van der Waals surface area contributed by atoms with Gasteiger partial charge in [-0.05, 0) is 24.9 Å². The molecule has 0 spiro atoms. The first-order valence-corrected chi connectivity index (χ1v) is 6.49. The van der Waals surface area contributed by atoms with Crippen LogP contribution in [0, 0.1) is 5.41 Å². The Morgan fingerprint density at radius 3 is 2.67 bits per heavy atom. The molecule has 0 saturated carbocycles. The molecule has 1 amide bonds. The zero-order chi connectivity index (χ0) is 13.9. The third-order valence-electron chi connectivity index (χ3n) is 2.99. The van der Waals surface area contributed by atoms with E-state index in [0.717, 1.165) is 6.54 Å². The van der Waals surface area contributed by atoms with Crippen molar-refractivity contribution in [1.82, 2.24) is 9.47 Å². The van der Waals surface area contributed by atoms with Gasteiger partial charge < -0.3 is 15.2 Å². The molecule has 0 aromatic carbocycles. The second-order valence-corrected chi connectivity index (χ2v) is 5.80. The molecule has 0 aliphatic rings. The van der Waals surface area contributed by atoms with Crippen molar-refractivity contribution in [3.8, 4) is 0 Å². The molecule has 0 atom stereocenters. The van der Waals surface area contributed by atoms with Crippen molar-refractivity contribution in [3.63, 3.8) is 0 Å². The summed E-state index contributed by atoms with van der Waals surface area (Å²) in [5, 5.41) is 0.590. The quantitative estimate of drug-likeness (QED) is 0.893. The molecule has 5 heteroatoms. The van der Waals surface area contributed by atoms with Crippen LogP contribution < -0.4 is 5.73 Å². The van der Waals surface area contributed by atoms with Gasteiger partial charge in [-0.3, -0.25) is 4.79 Å². The van der Waals surface area contributed by atoms with Crippen molar-refractivity contribution in [3.05, 3.63) is 23.0 Å². The molecule has 0 bridgehead atoms. The number of amides is 1. The largest absolute Gasteiger partial charge is 0.342 e. The van der Waals surface area contributed by atoms with E-state index in [1.807, 2.05) is 25.3 Å². The SMILES string of the molecule is CCn1cc(Cl)cc1C(=O)N(C)CC(C)(C)CN. The van der Waals surface area contributed by atoms with E-state index in [1.165, 1.54) is 0 Å². The monoisotopic (exact) mass is 271 g/mol. The number of carbonyl (C=O) groups is 1. The van der Waals surface area contributed by atoms with Gasteiger partial charge in [0, 0.05) is 26.3 Å². The summed E-state index contributed by atoms with van der Waals surface area (Å²) < 4.78 is 1.86. The summed E-state index contributed by atoms with van der Waals surface area (Å²) in [5.74, 6) is -0.0229. The van der Waals surface area contributed by atoms with Gasteiger partial charge in [0.05, 0.1) is 5.02 Å². The van der Waals surface area contributed by atoms with Gasteiger partial charge in [-0.15, -0.1) is 0 Å². The van der Waals surface area contributed by atoms with Crippen molar-refractivity contribution in [2.75, 3.05) is 20.1 Å². The summed E-state index contributed by atoms with van der Waals surface area (Å²) in [6, 6.07) is 1.71. The number of hydrogen-bond acceptors (Lipinski definition) is 2. The highest BCUT2D eigenvalue weighted by Gasteiger charge is 2.23. The van der Waals surface area contributed by atoms with E-state index in [4.69, 9.17) is 17.3 Å². The van der Waals surface area contributed by atoms with E-state index in [-0.39, 0.29) is 11.3 Å². The molecule has 18 heavy (non-hydrogen) atoms. The van der Waals surface area contributed by atoms with Crippen LogP contribution in [-0.4, -0.2) is 35.5 Å². The molecule has 0 aliphatic heterocycles. The van der Waals surface area contributed by atoms with Crippen LogP contribution >= 0.6 is 11.6 Å². The normalized spacial score (nSPS) is 11.7. The highest BCUT2D eigenvalue weighted by atomic mass is 35.5. The molecule has 0 aliphatic carbocycles. The van der Waals surface area contributed by atoms with Gasteiger partial charge in [-0.25, -0.2) is 0 Å². The number of carbonyl (C=O) groups excluding carboxylic acids is 1. The maximum atomic E-state index is 12.3. The number of aromatic nitrogens is 1. The number of hydrogen-bond donors (Lipinski definition) is 1. The minimum absolute atomic E-state index is 0.0229. The van der Waals surface area contributed by atoms with Crippen LogP contribution in [0.3, 0.4) is 0 Å². The Morgan fingerprint density at radius 2 is 2.17 bits per heavy atom. The Labute approximate surface area is 114 Å². The molecule has 4 nitrogen and oxygen atoms in total. The average Bonchev–Trinajstić information content (AvgIpc) is 2.68. The molecule has 1 aromatic heterocycles. The zero-order valence-corrected chi connectivity index (χ0v) is 12.3. The molecule has 0 fully saturated rings. The minimum atomic E-state index is -0.0855. The van der Waals surface area contributed by atoms with Crippen LogP contribution in [0.1, 0.15) is 31.3 Å². The van der Waals surface area contributed by atoms with E-state index in [0.29, 0.717) is 23.8 Å². The van der Waals surface area contributed by atoms with Gasteiger partial charge in [-0.1, -0.05) is 25.4 Å². The summed E-state index contributed by atoms with van der Waals surface area (Å²) in [7, 11) is 1.79. The van der Waals surface area contributed by atoms with Crippen molar-refractivity contribution < 1.29 is 4.79 Å². The summed E-state index contributed by atoms with van der Waals surface area (Å²) in [4.78, 5) is 14.0. The topological polar surface area (TPSA) is 51.3 Å². The lowest BCUT2D eigenvalue weighted by Gasteiger charge is -2.29. The number of nitrogens with two attached hydrogens (primary N) is 1.